The third-order valence-electron chi connectivity index (χ3n) is 3.31. The van der Waals surface area contributed by atoms with E-state index >= 15 is 0 Å². The van der Waals surface area contributed by atoms with Crippen molar-refractivity contribution in [2.45, 2.75) is 30.6 Å². The predicted octanol–water partition coefficient (Wildman–Crippen LogP) is 3.72. The number of aromatic amines is 1. The molecule has 1 heterocycles. The number of hydrogen-bond donors (Lipinski definition) is 2. The van der Waals surface area contributed by atoms with Gasteiger partial charge in [-0.15, -0.1) is 0 Å². The lowest BCUT2D eigenvalue weighted by molar-refractivity contribution is -0.123. The van der Waals surface area contributed by atoms with Crippen molar-refractivity contribution in [2.24, 2.45) is 0 Å². The number of halogens is 2. The minimum absolute atomic E-state index is 0.0585. The maximum absolute atomic E-state index is 12.3. The third-order valence-corrected chi connectivity index (χ3v) is 4.03. The van der Waals surface area contributed by atoms with Gasteiger partial charge >= 0.3 is 5.97 Å². The van der Waals surface area contributed by atoms with Gasteiger partial charge in [-0.05, 0) is 44.2 Å². The van der Waals surface area contributed by atoms with Crippen molar-refractivity contribution in [1.82, 2.24) is 4.98 Å². The highest BCUT2D eigenvalue weighted by atomic mass is 32.2. The number of rotatable bonds is 7. The Morgan fingerprint density at radius 2 is 1.85 bits per heavy atom. The van der Waals surface area contributed by atoms with Crippen LogP contribution in [0.1, 0.15) is 34.7 Å². The molecular weight excluding hydrogens is 366 g/mol. The topological polar surface area (TPSA) is 88.3 Å². The van der Waals surface area contributed by atoms with Crippen LogP contribution in [0.5, 0.6) is 0 Å². The Labute approximate surface area is 152 Å². The molecule has 6 nitrogen and oxygen atoms in total. The van der Waals surface area contributed by atoms with Gasteiger partial charge in [0.05, 0.1) is 0 Å². The van der Waals surface area contributed by atoms with Gasteiger partial charge in [0.15, 0.2) is 11.9 Å². The Hall–Kier alpha value is -2.68. The first-order chi connectivity index (χ1) is 12.3. The third kappa shape index (κ3) is 5.41. The molecule has 0 saturated heterocycles. The number of hydrogen-bond acceptors (Lipinski definition) is 5. The Kier molecular flexibility index (Phi) is 6.51. The van der Waals surface area contributed by atoms with Gasteiger partial charge in [-0.1, -0.05) is 11.8 Å². The van der Waals surface area contributed by atoms with Crippen molar-refractivity contribution < 1.29 is 27.9 Å². The molecule has 1 atom stereocenters. The highest BCUT2D eigenvalue weighted by Gasteiger charge is 2.20. The van der Waals surface area contributed by atoms with Crippen LogP contribution in [-0.4, -0.2) is 34.5 Å². The van der Waals surface area contributed by atoms with Gasteiger partial charge in [-0.3, -0.25) is 9.59 Å². The number of aromatic nitrogens is 1. The fourth-order valence-electron chi connectivity index (χ4n) is 1.96. The number of nitrogens with one attached hydrogen (secondary N) is 2. The molecule has 0 bridgehead atoms. The average molecular weight is 382 g/mol. The quantitative estimate of drug-likeness (QED) is 0.433. The van der Waals surface area contributed by atoms with E-state index in [-0.39, 0.29) is 11.5 Å². The average Bonchev–Trinajstić information content (AvgIpc) is 3.06. The SMILES string of the molecule is CC(=O)c1c[nH]c(C(=O)O[C@H](C)C(=O)Nc2ccc(SC(F)F)cc2)c1. The molecule has 0 fully saturated rings. The van der Waals surface area contributed by atoms with Crippen LogP contribution < -0.4 is 5.32 Å². The molecule has 1 amide bonds. The number of carbonyl (C=O) groups is 3. The molecule has 138 valence electrons. The highest BCUT2D eigenvalue weighted by molar-refractivity contribution is 7.99. The highest BCUT2D eigenvalue weighted by Crippen LogP contribution is 2.26. The first kappa shape index (κ1) is 19.6. The molecule has 0 spiro atoms. The van der Waals surface area contributed by atoms with Crippen LogP contribution in [0.25, 0.3) is 0 Å². The molecule has 26 heavy (non-hydrogen) atoms. The molecule has 1 aromatic carbocycles. The van der Waals surface area contributed by atoms with Crippen molar-refractivity contribution >= 4 is 35.1 Å². The summed E-state index contributed by atoms with van der Waals surface area (Å²) in [7, 11) is 0. The Balaban J connectivity index is 1.92. The van der Waals surface area contributed by atoms with E-state index in [1.807, 2.05) is 0 Å². The van der Waals surface area contributed by atoms with Gasteiger partial charge in [0.1, 0.15) is 5.69 Å². The minimum Gasteiger partial charge on any atom is -0.448 e. The fourth-order valence-corrected chi connectivity index (χ4v) is 2.46. The Morgan fingerprint density at radius 1 is 1.19 bits per heavy atom. The number of esters is 1. The zero-order valence-electron chi connectivity index (χ0n) is 13.9. The van der Waals surface area contributed by atoms with Crippen LogP contribution in [0.15, 0.2) is 41.4 Å². The minimum atomic E-state index is -2.52. The summed E-state index contributed by atoms with van der Waals surface area (Å²) >= 11 is 0.399. The maximum atomic E-state index is 12.3. The Bertz CT molecular complexity index is 805. The van der Waals surface area contributed by atoms with Crippen molar-refractivity contribution in [3.63, 3.8) is 0 Å². The lowest BCUT2D eigenvalue weighted by Gasteiger charge is -2.13. The van der Waals surface area contributed by atoms with E-state index in [1.165, 1.54) is 50.4 Å². The molecular formula is C17H16F2N2O4S. The number of anilines is 1. The number of alkyl halides is 2. The van der Waals surface area contributed by atoms with Gasteiger partial charge in [-0.2, -0.15) is 8.78 Å². The second-order valence-corrected chi connectivity index (χ2v) is 6.36. The van der Waals surface area contributed by atoms with Crippen LogP contribution in [0.3, 0.4) is 0 Å². The zero-order valence-corrected chi connectivity index (χ0v) is 14.7. The molecule has 1 aromatic heterocycles. The van der Waals surface area contributed by atoms with E-state index in [4.69, 9.17) is 4.74 Å². The van der Waals surface area contributed by atoms with Crippen LogP contribution in [0, 0.1) is 0 Å². The summed E-state index contributed by atoms with van der Waals surface area (Å²) in [5.74, 6) is -4.08. The molecule has 0 aliphatic heterocycles. The summed E-state index contributed by atoms with van der Waals surface area (Å²) in [6.07, 6.45) is 0.282. The molecule has 2 rings (SSSR count). The smallest absolute Gasteiger partial charge is 0.355 e. The molecule has 2 aromatic rings. The maximum Gasteiger partial charge on any atom is 0.355 e. The number of ketones is 1. The van der Waals surface area contributed by atoms with E-state index < -0.39 is 23.7 Å². The van der Waals surface area contributed by atoms with Gasteiger partial charge in [0, 0.05) is 22.3 Å². The first-order valence-corrected chi connectivity index (χ1v) is 8.40. The van der Waals surface area contributed by atoms with Gasteiger partial charge < -0.3 is 15.0 Å². The monoisotopic (exact) mass is 382 g/mol. The van der Waals surface area contributed by atoms with Crippen LogP contribution in [0.2, 0.25) is 0 Å². The number of Topliss-reactive ketones (excluding diaryl/α,β-unsaturated/α-hetero) is 1. The standard InChI is InChI=1S/C17H16F2N2O4S/c1-9(22)11-7-14(20-8-11)16(24)25-10(2)15(23)21-12-3-5-13(6-4-12)26-17(18)19/h3-8,10,17,20H,1-2H3,(H,21,23)/t10-/m1/s1. The van der Waals surface area contributed by atoms with Crippen LogP contribution in [0.4, 0.5) is 14.5 Å². The second-order valence-electron chi connectivity index (χ2n) is 5.30. The molecule has 0 radical (unpaired) electrons. The summed E-state index contributed by atoms with van der Waals surface area (Å²) in [6, 6.07) is 7.19. The summed E-state index contributed by atoms with van der Waals surface area (Å²) in [5, 5.41) is 2.53. The van der Waals surface area contributed by atoms with Gasteiger partial charge in [0.25, 0.3) is 11.7 Å². The number of thioether (sulfide) groups is 1. The van der Waals surface area contributed by atoms with E-state index in [0.717, 1.165) is 0 Å². The number of benzene rings is 1. The molecule has 2 N–H and O–H groups in total. The molecule has 0 unspecified atom stereocenters. The van der Waals surface area contributed by atoms with Crippen LogP contribution >= 0.6 is 11.8 Å². The van der Waals surface area contributed by atoms with E-state index in [1.54, 1.807) is 0 Å². The summed E-state index contributed by atoms with van der Waals surface area (Å²) < 4.78 is 29.6. The molecule has 0 aliphatic carbocycles. The summed E-state index contributed by atoms with van der Waals surface area (Å²) in [4.78, 5) is 38.3. The van der Waals surface area contributed by atoms with Gasteiger partial charge in [-0.25, -0.2) is 4.79 Å². The predicted molar refractivity (Wildman–Crippen MR) is 92.6 cm³/mol. The molecule has 0 aliphatic rings. The van der Waals surface area contributed by atoms with Gasteiger partial charge in [0.2, 0.25) is 0 Å². The number of H-pyrrole nitrogens is 1. The lowest BCUT2D eigenvalue weighted by Crippen LogP contribution is -2.30. The normalized spacial score (nSPS) is 11.9. The number of amides is 1. The first-order valence-electron chi connectivity index (χ1n) is 7.52. The van der Waals surface area contributed by atoms with Crippen molar-refractivity contribution in [3.8, 4) is 0 Å². The van der Waals surface area contributed by atoms with Crippen molar-refractivity contribution in [1.29, 1.82) is 0 Å². The summed E-state index contributed by atoms with van der Waals surface area (Å²) in [6.45, 7) is 2.75. The Morgan fingerprint density at radius 3 is 2.38 bits per heavy atom. The van der Waals surface area contributed by atoms with Crippen molar-refractivity contribution in [2.75, 3.05) is 5.32 Å². The largest absolute Gasteiger partial charge is 0.448 e. The lowest BCUT2D eigenvalue weighted by atomic mass is 10.2. The zero-order chi connectivity index (χ0) is 19.3. The van der Waals surface area contributed by atoms with E-state index in [9.17, 15) is 23.2 Å². The number of carbonyl (C=O) groups excluding carboxylic acids is 3. The van der Waals surface area contributed by atoms with Crippen molar-refractivity contribution in [3.05, 3.63) is 47.8 Å². The van der Waals surface area contributed by atoms with E-state index in [2.05, 4.69) is 10.3 Å². The molecule has 0 saturated carbocycles. The second kappa shape index (κ2) is 8.61. The molecule has 9 heteroatoms. The fraction of sp³-hybridized carbons (Fsp3) is 0.235. The number of ether oxygens (including phenoxy) is 1. The van der Waals surface area contributed by atoms with Crippen LogP contribution in [-0.2, 0) is 9.53 Å². The van der Waals surface area contributed by atoms with E-state index in [0.29, 0.717) is 27.9 Å². The summed E-state index contributed by atoms with van der Waals surface area (Å²) in [5.41, 5.74) is 0.772.